The zero-order valence-corrected chi connectivity index (χ0v) is 14.3. The number of likely N-dealkylation sites (tertiary alicyclic amines) is 1. The van der Waals surface area contributed by atoms with Crippen LogP contribution >= 0.6 is 12.4 Å². The zero-order valence-electron chi connectivity index (χ0n) is 13.5. The van der Waals surface area contributed by atoms with Crippen molar-refractivity contribution in [2.45, 2.75) is 45.1 Å². The Hall–Kier alpha value is -1.13. The summed E-state index contributed by atoms with van der Waals surface area (Å²) in [5.41, 5.74) is 5.96. The number of carbonyl (C=O) groups excluding carboxylic acids is 1. The molecule has 0 saturated carbocycles. The molecule has 1 aromatic rings. The molecular weight excluding hydrogens is 303 g/mol. The first kappa shape index (κ1) is 18.9. The van der Waals surface area contributed by atoms with Crippen LogP contribution in [0.25, 0.3) is 0 Å². The number of hydrogen-bond acceptors (Lipinski definition) is 2. The summed E-state index contributed by atoms with van der Waals surface area (Å²) in [6.07, 6.45) is 1.89. The van der Waals surface area contributed by atoms with E-state index in [2.05, 4.69) is 0 Å². The normalized spacial score (nSPS) is 17.8. The van der Waals surface area contributed by atoms with Gasteiger partial charge in [-0.05, 0) is 57.2 Å². The van der Waals surface area contributed by atoms with Crippen molar-refractivity contribution in [3.05, 3.63) is 35.6 Å². The summed E-state index contributed by atoms with van der Waals surface area (Å²) in [6, 6.07) is 6.50. The second kappa shape index (κ2) is 7.42. The lowest BCUT2D eigenvalue weighted by atomic mass is 9.82. The minimum atomic E-state index is -0.705. The van der Waals surface area contributed by atoms with Crippen LogP contribution in [0.4, 0.5) is 4.39 Å². The second-order valence-electron chi connectivity index (χ2n) is 6.62. The van der Waals surface area contributed by atoms with Crippen LogP contribution in [0.5, 0.6) is 0 Å². The first-order chi connectivity index (χ1) is 9.82. The molecule has 0 bridgehead atoms. The van der Waals surface area contributed by atoms with Gasteiger partial charge in [0, 0.05) is 19.1 Å². The highest BCUT2D eigenvalue weighted by molar-refractivity contribution is 5.87. The molecule has 3 nitrogen and oxygen atoms in total. The molecule has 0 spiro atoms. The molecule has 1 heterocycles. The molecule has 2 rings (SSSR count). The molecule has 0 aliphatic carbocycles. The SMILES string of the molecule is CC(N)C1CCN(C(=O)C(C)(C)c2cccc(F)c2)CC1.Cl. The van der Waals surface area contributed by atoms with Crippen LogP contribution in [0, 0.1) is 11.7 Å². The molecule has 1 unspecified atom stereocenters. The van der Waals surface area contributed by atoms with Crippen molar-refractivity contribution in [1.29, 1.82) is 0 Å². The van der Waals surface area contributed by atoms with Gasteiger partial charge in [0.2, 0.25) is 5.91 Å². The van der Waals surface area contributed by atoms with E-state index in [9.17, 15) is 9.18 Å². The first-order valence-corrected chi connectivity index (χ1v) is 7.63. The fraction of sp³-hybridized carbons (Fsp3) is 0.588. The van der Waals surface area contributed by atoms with E-state index in [4.69, 9.17) is 5.73 Å². The van der Waals surface area contributed by atoms with Gasteiger partial charge in [-0.2, -0.15) is 0 Å². The van der Waals surface area contributed by atoms with Gasteiger partial charge in [0.05, 0.1) is 5.41 Å². The van der Waals surface area contributed by atoms with E-state index in [1.54, 1.807) is 6.07 Å². The highest BCUT2D eigenvalue weighted by atomic mass is 35.5. The Labute approximate surface area is 138 Å². The van der Waals surface area contributed by atoms with Gasteiger partial charge in [0.15, 0.2) is 0 Å². The number of rotatable bonds is 3. The smallest absolute Gasteiger partial charge is 0.232 e. The lowest BCUT2D eigenvalue weighted by molar-refractivity contribution is -0.137. The average Bonchev–Trinajstić information content (AvgIpc) is 2.46. The minimum Gasteiger partial charge on any atom is -0.342 e. The van der Waals surface area contributed by atoms with Crippen LogP contribution in [0.15, 0.2) is 24.3 Å². The van der Waals surface area contributed by atoms with Crippen molar-refractivity contribution in [1.82, 2.24) is 4.90 Å². The summed E-state index contributed by atoms with van der Waals surface area (Å²) in [5, 5.41) is 0. The number of amides is 1. The lowest BCUT2D eigenvalue weighted by Crippen LogP contribution is -2.48. The van der Waals surface area contributed by atoms with Crippen LogP contribution < -0.4 is 5.73 Å². The number of nitrogens with two attached hydrogens (primary N) is 1. The standard InChI is InChI=1S/C17H25FN2O.ClH/c1-12(19)13-7-9-20(10-8-13)16(21)17(2,3)14-5-4-6-15(18)11-14;/h4-6,11-13H,7-10,19H2,1-3H3;1H. The summed E-state index contributed by atoms with van der Waals surface area (Å²) in [4.78, 5) is 14.7. The van der Waals surface area contributed by atoms with Crippen LogP contribution in [-0.4, -0.2) is 29.9 Å². The molecule has 1 aromatic carbocycles. The number of benzene rings is 1. The fourth-order valence-electron chi connectivity index (χ4n) is 3.02. The van der Waals surface area contributed by atoms with Crippen molar-refractivity contribution in [3.8, 4) is 0 Å². The van der Waals surface area contributed by atoms with Gasteiger partial charge < -0.3 is 10.6 Å². The summed E-state index contributed by atoms with van der Waals surface area (Å²) >= 11 is 0. The van der Waals surface area contributed by atoms with Crippen LogP contribution in [0.1, 0.15) is 39.2 Å². The molecule has 1 aliphatic heterocycles. The third kappa shape index (κ3) is 3.99. The van der Waals surface area contributed by atoms with Gasteiger partial charge >= 0.3 is 0 Å². The maximum Gasteiger partial charge on any atom is 0.232 e. The molecule has 22 heavy (non-hydrogen) atoms. The van der Waals surface area contributed by atoms with Gasteiger partial charge in [0.25, 0.3) is 0 Å². The molecule has 2 N–H and O–H groups in total. The molecule has 5 heteroatoms. The van der Waals surface area contributed by atoms with Crippen LogP contribution in [0.2, 0.25) is 0 Å². The number of nitrogens with zero attached hydrogens (tertiary/aromatic N) is 1. The van der Waals surface area contributed by atoms with E-state index in [1.165, 1.54) is 12.1 Å². The largest absolute Gasteiger partial charge is 0.342 e. The Kier molecular flexibility index (Phi) is 6.38. The highest BCUT2D eigenvalue weighted by Crippen LogP contribution is 2.29. The molecule has 1 atom stereocenters. The first-order valence-electron chi connectivity index (χ1n) is 7.63. The number of carbonyl (C=O) groups is 1. The Balaban J connectivity index is 0.00000242. The van der Waals surface area contributed by atoms with Crippen LogP contribution in [-0.2, 0) is 10.2 Å². The molecule has 1 fully saturated rings. The summed E-state index contributed by atoms with van der Waals surface area (Å²) in [7, 11) is 0. The van der Waals surface area contributed by atoms with Gasteiger partial charge in [-0.3, -0.25) is 4.79 Å². The van der Waals surface area contributed by atoms with Crippen molar-refractivity contribution in [3.63, 3.8) is 0 Å². The van der Waals surface area contributed by atoms with Crippen LogP contribution in [0.3, 0.4) is 0 Å². The van der Waals surface area contributed by atoms with Crippen molar-refractivity contribution in [2.24, 2.45) is 11.7 Å². The molecular formula is C17H26ClFN2O. The third-order valence-electron chi connectivity index (χ3n) is 4.65. The molecule has 1 aliphatic rings. The Bertz CT molecular complexity index is 511. The number of halogens is 2. The lowest BCUT2D eigenvalue weighted by Gasteiger charge is -2.38. The van der Waals surface area contributed by atoms with E-state index in [-0.39, 0.29) is 30.2 Å². The van der Waals surface area contributed by atoms with Gasteiger partial charge in [-0.1, -0.05) is 12.1 Å². The van der Waals surface area contributed by atoms with E-state index in [0.29, 0.717) is 5.92 Å². The molecule has 1 amide bonds. The van der Waals surface area contributed by atoms with Crippen molar-refractivity contribution in [2.75, 3.05) is 13.1 Å². The Morgan fingerprint density at radius 2 is 1.95 bits per heavy atom. The van der Waals surface area contributed by atoms with E-state index in [1.807, 2.05) is 31.7 Å². The third-order valence-corrected chi connectivity index (χ3v) is 4.65. The van der Waals surface area contributed by atoms with E-state index < -0.39 is 5.41 Å². The topological polar surface area (TPSA) is 46.3 Å². The summed E-state index contributed by atoms with van der Waals surface area (Å²) in [6.45, 7) is 7.23. The van der Waals surface area contributed by atoms with Crippen molar-refractivity contribution < 1.29 is 9.18 Å². The highest BCUT2D eigenvalue weighted by Gasteiger charge is 2.36. The maximum atomic E-state index is 13.4. The zero-order chi connectivity index (χ0) is 15.6. The van der Waals surface area contributed by atoms with Gasteiger partial charge in [0.1, 0.15) is 5.82 Å². The monoisotopic (exact) mass is 328 g/mol. The average molecular weight is 329 g/mol. The van der Waals surface area contributed by atoms with Gasteiger partial charge in [-0.25, -0.2) is 4.39 Å². The quantitative estimate of drug-likeness (QED) is 0.926. The number of piperidine rings is 1. The molecule has 1 saturated heterocycles. The molecule has 124 valence electrons. The Morgan fingerprint density at radius 3 is 2.45 bits per heavy atom. The summed E-state index contributed by atoms with van der Waals surface area (Å²) < 4.78 is 13.4. The predicted octanol–water partition coefficient (Wildman–Crippen LogP) is 3.11. The molecule has 0 aromatic heterocycles. The second-order valence-corrected chi connectivity index (χ2v) is 6.62. The summed E-state index contributed by atoms with van der Waals surface area (Å²) in [5.74, 6) is 0.256. The maximum absolute atomic E-state index is 13.4. The van der Waals surface area contributed by atoms with E-state index in [0.717, 1.165) is 31.5 Å². The molecule has 0 radical (unpaired) electrons. The van der Waals surface area contributed by atoms with Crippen molar-refractivity contribution >= 4 is 18.3 Å². The van der Waals surface area contributed by atoms with E-state index >= 15 is 0 Å². The minimum absolute atomic E-state index is 0. The predicted molar refractivity (Wildman–Crippen MR) is 89.6 cm³/mol. The Morgan fingerprint density at radius 1 is 1.36 bits per heavy atom. The van der Waals surface area contributed by atoms with Gasteiger partial charge in [-0.15, -0.1) is 12.4 Å². The number of hydrogen-bond donors (Lipinski definition) is 1. The fourth-order valence-corrected chi connectivity index (χ4v) is 3.02.